The topological polar surface area (TPSA) is 94.9 Å². The van der Waals surface area contributed by atoms with E-state index in [9.17, 15) is 9.59 Å². The van der Waals surface area contributed by atoms with Gasteiger partial charge in [-0.25, -0.2) is 0 Å². The summed E-state index contributed by atoms with van der Waals surface area (Å²) in [5, 5.41) is 14.5. The molecule has 0 saturated heterocycles. The average Bonchev–Trinajstić information content (AvgIpc) is 2.67. The van der Waals surface area contributed by atoms with Gasteiger partial charge in [-0.3, -0.25) is 14.6 Å². The van der Waals surface area contributed by atoms with Crippen LogP contribution in [0, 0.1) is 25.2 Å². The second-order valence-corrected chi connectivity index (χ2v) is 6.41. The first kappa shape index (κ1) is 18.8. The highest BCUT2D eigenvalue weighted by atomic mass is 16.2. The largest absolute Gasteiger partial charge is 0.322 e. The van der Waals surface area contributed by atoms with E-state index in [0.29, 0.717) is 22.5 Å². The minimum Gasteiger partial charge on any atom is -0.322 e. The summed E-state index contributed by atoms with van der Waals surface area (Å²) in [6.45, 7) is 3.91. The van der Waals surface area contributed by atoms with E-state index in [0.717, 1.165) is 11.1 Å². The first-order valence-electron chi connectivity index (χ1n) is 8.62. The molecule has 0 aliphatic rings. The number of nitrogens with one attached hydrogen (secondary N) is 2. The predicted octanol–water partition coefficient (Wildman–Crippen LogP) is 4.07. The van der Waals surface area contributed by atoms with Crippen molar-refractivity contribution >= 4 is 23.2 Å². The predicted molar refractivity (Wildman–Crippen MR) is 107 cm³/mol. The summed E-state index contributed by atoms with van der Waals surface area (Å²) in [6, 6.07) is 17.3. The molecule has 2 amide bonds. The first-order chi connectivity index (χ1) is 13.4. The van der Waals surface area contributed by atoms with E-state index in [4.69, 9.17) is 5.26 Å². The fourth-order valence-corrected chi connectivity index (χ4v) is 2.81. The quantitative estimate of drug-likeness (QED) is 0.723. The van der Waals surface area contributed by atoms with Gasteiger partial charge in [0.1, 0.15) is 5.69 Å². The highest BCUT2D eigenvalue weighted by molar-refractivity contribution is 6.07. The number of amides is 2. The molecule has 138 valence electrons. The van der Waals surface area contributed by atoms with E-state index >= 15 is 0 Å². The molecule has 0 saturated carbocycles. The van der Waals surface area contributed by atoms with Crippen LogP contribution in [0.1, 0.15) is 37.5 Å². The number of benzene rings is 2. The van der Waals surface area contributed by atoms with Gasteiger partial charge >= 0.3 is 0 Å². The van der Waals surface area contributed by atoms with Crippen LogP contribution in [0.15, 0.2) is 60.8 Å². The lowest BCUT2D eigenvalue weighted by atomic mass is 10.1. The number of carbonyl (C=O) groups is 2. The summed E-state index contributed by atoms with van der Waals surface area (Å²) in [5.41, 5.74) is 4.14. The van der Waals surface area contributed by atoms with Crippen LogP contribution >= 0.6 is 0 Å². The maximum absolute atomic E-state index is 12.5. The number of nitriles is 1. The summed E-state index contributed by atoms with van der Waals surface area (Å²) in [6.07, 6.45) is 1.41. The van der Waals surface area contributed by atoms with Gasteiger partial charge in [-0.1, -0.05) is 12.1 Å². The number of carbonyl (C=O) groups excluding carboxylic acids is 2. The Hall–Kier alpha value is -3.98. The Morgan fingerprint density at radius 3 is 2.32 bits per heavy atom. The maximum atomic E-state index is 12.5. The summed E-state index contributed by atoms with van der Waals surface area (Å²) in [7, 11) is 0. The van der Waals surface area contributed by atoms with Crippen molar-refractivity contribution in [1.82, 2.24) is 4.98 Å². The van der Waals surface area contributed by atoms with Gasteiger partial charge in [-0.2, -0.15) is 5.26 Å². The van der Waals surface area contributed by atoms with Crippen molar-refractivity contribution in [3.8, 4) is 6.07 Å². The molecule has 0 bridgehead atoms. The van der Waals surface area contributed by atoms with E-state index < -0.39 is 5.91 Å². The SMILES string of the molecule is Cc1cc(C)cc(NC(=O)c2ccnc(C(=O)Nc3cccc(C#N)c3)c2)c1. The zero-order chi connectivity index (χ0) is 20.1. The van der Waals surface area contributed by atoms with Crippen molar-refractivity contribution in [2.24, 2.45) is 0 Å². The van der Waals surface area contributed by atoms with Gasteiger partial charge in [-0.15, -0.1) is 0 Å². The molecule has 1 aromatic heterocycles. The van der Waals surface area contributed by atoms with Gasteiger partial charge in [0.15, 0.2) is 0 Å². The molecule has 1 heterocycles. The first-order valence-corrected chi connectivity index (χ1v) is 8.62. The smallest absolute Gasteiger partial charge is 0.274 e. The van der Waals surface area contributed by atoms with E-state index in [1.54, 1.807) is 30.3 Å². The standard InChI is InChI=1S/C22H18N4O2/c1-14-8-15(2)10-19(9-14)26-21(27)17-6-7-24-20(12-17)22(28)25-18-5-3-4-16(11-18)13-23/h3-12H,1-2H3,(H,25,28)(H,26,27). The van der Waals surface area contributed by atoms with Crippen molar-refractivity contribution < 1.29 is 9.59 Å². The van der Waals surface area contributed by atoms with Crippen LogP contribution < -0.4 is 10.6 Å². The van der Waals surface area contributed by atoms with Crippen molar-refractivity contribution in [3.05, 3.63) is 88.7 Å². The third-order valence-corrected chi connectivity index (χ3v) is 3.98. The molecule has 0 fully saturated rings. The van der Waals surface area contributed by atoms with E-state index in [1.807, 2.05) is 38.1 Å². The van der Waals surface area contributed by atoms with Crippen LogP contribution in [0.4, 0.5) is 11.4 Å². The van der Waals surface area contributed by atoms with Crippen LogP contribution in [0.5, 0.6) is 0 Å². The van der Waals surface area contributed by atoms with Gasteiger partial charge in [0, 0.05) is 23.1 Å². The highest BCUT2D eigenvalue weighted by Crippen LogP contribution is 2.16. The Kier molecular flexibility index (Phi) is 5.47. The molecule has 6 heteroatoms. The third-order valence-electron chi connectivity index (χ3n) is 3.98. The van der Waals surface area contributed by atoms with Gasteiger partial charge in [-0.05, 0) is 67.4 Å². The molecule has 28 heavy (non-hydrogen) atoms. The molecule has 6 nitrogen and oxygen atoms in total. The Bertz CT molecular complexity index is 1080. The van der Waals surface area contributed by atoms with Gasteiger partial charge < -0.3 is 10.6 Å². The summed E-state index contributed by atoms with van der Waals surface area (Å²) in [5.74, 6) is -0.788. The molecule has 0 unspecified atom stereocenters. The number of hydrogen-bond acceptors (Lipinski definition) is 4. The summed E-state index contributed by atoms with van der Waals surface area (Å²) >= 11 is 0. The Morgan fingerprint density at radius 2 is 1.61 bits per heavy atom. The Balaban J connectivity index is 1.76. The van der Waals surface area contributed by atoms with Crippen LogP contribution in [0.3, 0.4) is 0 Å². The van der Waals surface area contributed by atoms with E-state index in [2.05, 4.69) is 15.6 Å². The highest BCUT2D eigenvalue weighted by Gasteiger charge is 2.13. The lowest BCUT2D eigenvalue weighted by Gasteiger charge is -2.09. The molecule has 0 spiro atoms. The van der Waals surface area contributed by atoms with Gasteiger partial charge in [0.25, 0.3) is 11.8 Å². The zero-order valence-corrected chi connectivity index (χ0v) is 15.5. The lowest BCUT2D eigenvalue weighted by molar-refractivity contribution is 0.102. The molecule has 2 aromatic carbocycles. The summed E-state index contributed by atoms with van der Waals surface area (Å²) < 4.78 is 0. The van der Waals surface area contributed by atoms with Crippen LogP contribution in [0.25, 0.3) is 0 Å². The number of anilines is 2. The van der Waals surface area contributed by atoms with Gasteiger partial charge in [0.2, 0.25) is 0 Å². The second kappa shape index (κ2) is 8.14. The molecular formula is C22H18N4O2. The minimum atomic E-state index is -0.462. The van der Waals surface area contributed by atoms with Crippen LogP contribution in [-0.2, 0) is 0 Å². The Morgan fingerprint density at radius 1 is 0.893 bits per heavy atom. The number of nitrogens with zero attached hydrogens (tertiary/aromatic N) is 2. The minimum absolute atomic E-state index is 0.107. The van der Waals surface area contributed by atoms with E-state index in [1.165, 1.54) is 12.3 Å². The number of aryl methyl sites for hydroxylation is 2. The monoisotopic (exact) mass is 370 g/mol. The van der Waals surface area contributed by atoms with Crippen molar-refractivity contribution in [2.75, 3.05) is 10.6 Å². The van der Waals surface area contributed by atoms with E-state index in [-0.39, 0.29) is 11.6 Å². The maximum Gasteiger partial charge on any atom is 0.274 e. The number of hydrogen-bond donors (Lipinski definition) is 2. The van der Waals surface area contributed by atoms with Crippen molar-refractivity contribution in [2.45, 2.75) is 13.8 Å². The number of pyridine rings is 1. The lowest BCUT2D eigenvalue weighted by Crippen LogP contribution is -2.17. The zero-order valence-electron chi connectivity index (χ0n) is 15.5. The molecule has 0 radical (unpaired) electrons. The summed E-state index contributed by atoms with van der Waals surface area (Å²) in [4.78, 5) is 29.0. The van der Waals surface area contributed by atoms with Crippen LogP contribution in [0.2, 0.25) is 0 Å². The van der Waals surface area contributed by atoms with Crippen molar-refractivity contribution in [1.29, 1.82) is 5.26 Å². The molecular weight excluding hydrogens is 352 g/mol. The number of aromatic nitrogens is 1. The van der Waals surface area contributed by atoms with Gasteiger partial charge in [0.05, 0.1) is 11.6 Å². The molecule has 3 rings (SSSR count). The second-order valence-electron chi connectivity index (χ2n) is 6.41. The Labute approximate surface area is 162 Å². The van der Waals surface area contributed by atoms with Crippen LogP contribution in [-0.4, -0.2) is 16.8 Å². The number of rotatable bonds is 4. The molecule has 0 aliphatic carbocycles. The fraction of sp³-hybridized carbons (Fsp3) is 0.0909. The average molecular weight is 370 g/mol. The molecule has 3 aromatic rings. The fourth-order valence-electron chi connectivity index (χ4n) is 2.81. The van der Waals surface area contributed by atoms with Crippen molar-refractivity contribution in [3.63, 3.8) is 0 Å². The normalized spacial score (nSPS) is 10.0. The molecule has 0 atom stereocenters. The molecule has 0 aliphatic heterocycles. The third kappa shape index (κ3) is 4.59. The molecule has 2 N–H and O–H groups in total.